The van der Waals surface area contributed by atoms with Gasteiger partial charge in [-0.25, -0.2) is 4.99 Å². The second-order valence-corrected chi connectivity index (χ2v) is 7.23. The van der Waals surface area contributed by atoms with E-state index in [0.717, 1.165) is 0 Å². The molecule has 0 unspecified atom stereocenters. The molecule has 0 spiro atoms. The normalized spacial score (nSPS) is 17.1. The maximum atomic E-state index is 12.7. The lowest BCUT2D eigenvalue weighted by atomic mass is 10.1. The standard InChI is InChI=1S/C19H16ClN3O3S/c1-3-22-18(24)17(11-13-9-8-12(2)16(10-13)23(25)26)27-19(22)21-15-7-5-4-6-14(15)20/h4-11H,3H2,1-2H3/b17-11+,21-19?. The van der Waals surface area contributed by atoms with Gasteiger partial charge in [-0.2, -0.15) is 0 Å². The van der Waals surface area contributed by atoms with Gasteiger partial charge in [0.1, 0.15) is 0 Å². The highest BCUT2D eigenvalue weighted by Crippen LogP contribution is 2.36. The molecule has 0 aliphatic carbocycles. The van der Waals surface area contributed by atoms with E-state index in [1.807, 2.05) is 19.1 Å². The smallest absolute Gasteiger partial charge is 0.272 e. The van der Waals surface area contributed by atoms with Gasteiger partial charge in [0.2, 0.25) is 0 Å². The Kier molecular flexibility index (Phi) is 5.62. The molecule has 6 nitrogen and oxygen atoms in total. The van der Waals surface area contributed by atoms with Crippen LogP contribution in [0.4, 0.5) is 11.4 Å². The van der Waals surface area contributed by atoms with Crippen LogP contribution in [0.15, 0.2) is 52.4 Å². The Morgan fingerprint density at radius 3 is 2.70 bits per heavy atom. The Labute approximate surface area is 165 Å². The lowest BCUT2D eigenvalue weighted by molar-refractivity contribution is -0.385. The molecule has 0 bridgehead atoms. The van der Waals surface area contributed by atoms with Crippen LogP contribution in [0.25, 0.3) is 6.08 Å². The first kappa shape index (κ1) is 19.1. The zero-order valence-electron chi connectivity index (χ0n) is 14.7. The van der Waals surface area contributed by atoms with Crippen molar-refractivity contribution in [1.29, 1.82) is 0 Å². The number of aryl methyl sites for hydroxylation is 1. The summed E-state index contributed by atoms with van der Waals surface area (Å²) in [5.41, 5.74) is 1.78. The number of carbonyl (C=O) groups is 1. The summed E-state index contributed by atoms with van der Waals surface area (Å²) in [6.07, 6.45) is 1.65. The van der Waals surface area contributed by atoms with Gasteiger partial charge in [-0.15, -0.1) is 0 Å². The first-order chi connectivity index (χ1) is 12.9. The van der Waals surface area contributed by atoms with Crippen molar-refractivity contribution in [1.82, 2.24) is 4.90 Å². The van der Waals surface area contributed by atoms with Crippen LogP contribution in [0.1, 0.15) is 18.1 Å². The first-order valence-electron chi connectivity index (χ1n) is 8.20. The number of para-hydroxylation sites is 1. The number of thioether (sulfide) groups is 1. The summed E-state index contributed by atoms with van der Waals surface area (Å²) < 4.78 is 0. The monoisotopic (exact) mass is 401 g/mol. The highest BCUT2D eigenvalue weighted by atomic mass is 35.5. The molecule has 8 heteroatoms. The van der Waals surface area contributed by atoms with Crippen LogP contribution >= 0.6 is 23.4 Å². The lowest BCUT2D eigenvalue weighted by Crippen LogP contribution is -2.28. The second-order valence-electron chi connectivity index (χ2n) is 5.81. The summed E-state index contributed by atoms with van der Waals surface area (Å²) in [5.74, 6) is -0.184. The predicted octanol–water partition coefficient (Wildman–Crippen LogP) is 5.18. The molecule has 1 aliphatic heterocycles. The van der Waals surface area contributed by atoms with Crippen LogP contribution in [-0.2, 0) is 4.79 Å². The van der Waals surface area contributed by atoms with Crippen LogP contribution in [0.3, 0.4) is 0 Å². The Hall–Kier alpha value is -2.64. The van der Waals surface area contributed by atoms with Gasteiger partial charge in [0.15, 0.2) is 5.17 Å². The number of carbonyl (C=O) groups excluding carboxylic acids is 1. The van der Waals surface area contributed by atoms with Crippen LogP contribution in [0.5, 0.6) is 0 Å². The maximum absolute atomic E-state index is 12.7. The SMILES string of the molecule is CCN1C(=O)/C(=C\c2ccc(C)c([N+](=O)[O-])c2)SC1=Nc1ccccc1Cl. The van der Waals surface area contributed by atoms with Gasteiger partial charge in [-0.3, -0.25) is 19.8 Å². The van der Waals surface area contributed by atoms with Gasteiger partial charge in [0, 0.05) is 18.2 Å². The molecule has 1 amide bonds. The van der Waals surface area contributed by atoms with Crippen molar-refractivity contribution >= 4 is 51.9 Å². The van der Waals surface area contributed by atoms with E-state index in [2.05, 4.69) is 4.99 Å². The summed E-state index contributed by atoms with van der Waals surface area (Å²) in [7, 11) is 0. The van der Waals surface area contributed by atoms with E-state index in [4.69, 9.17) is 11.6 Å². The molecule has 0 saturated carbocycles. The molecule has 138 valence electrons. The highest BCUT2D eigenvalue weighted by molar-refractivity contribution is 8.18. The summed E-state index contributed by atoms with van der Waals surface area (Å²) in [6.45, 7) is 4.00. The van der Waals surface area contributed by atoms with Crippen molar-refractivity contribution in [3.63, 3.8) is 0 Å². The fourth-order valence-electron chi connectivity index (χ4n) is 2.58. The van der Waals surface area contributed by atoms with Gasteiger partial charge in [0.25, 0.3) is 11.6 Å². The molecule has 0 radical (unpaired) electrons. The molecule has 0 aromatic heterocycles. The van der Waals surface area contributed by atoms with E-state index in [1.54, 1.807) is 42.2 Å². The van der Waals surface area contributed by atoms with Crippen molar-refractivity contribution in [2.45, 2.75) is 13.8 Å². The van der Waals surface area contributed by atoms with E-state index in [-0.39, 0.29) is 11.6 Å². The number of halogens is 1. The molecule has 2 aromatic rings. The van der Waals surface area contributed by atoms with Crippen LogP contribution in [0, 0.1) is 17.0 Å². The number of hydrogen-bond acceptors (Lipinski definition) is 5. The van der Waals surface area contributed by atoms with Gasteiger partial charge in [-0.1, -0.05) is 35.9 Å². The number of benzene rings is 2. The number of nitro benzene ring substituents is 1. The summed E-state index contributed by atoms with van der Waals surface area (Å²) >= 11 is 7.39. The van der Waals surface area contributed by atoms with E-state index in [9.17, 15) is 14.9 Å². The minimum atomic E-state index is -0.427. The molecule has 1 saturated heterocycles. The molecule has 1 fully saturated rings. The van der Waals surface area contributed by atoms with E-state index < -0.39 is 4.92 Å². The summed E-state index contributed by atoms with van der Waals surface area (Å²) in [5, 5.41) is 12.2. The van der Waals surface area contributed by atoms with Gasteiger partial charge < -0.3 is 0 Å². The fraction of sp³-hybridized carbons (Fsp3) is 0.158. The van der Waals surface area contributed by atoms with Crippen LogP contribution in [-0.4, -0.2) is 27.4 Å². The summed E-state index contributed by atoms with van der Waals surface area (Å²) in [6, 6.07) is 12.0. The number of nitro groups is 1. The van der Waals surface area contributed by atoms with Crippen molar-refractivity contribution in [2.75, 3.05) is 6.54 Å². The lowest BCUT2D eigenvalue weighted by Gasteiger charge is -2.12. The molecule has 3 rings (SSSR count). The Morgan fingerprint density at radius 2 is 2.04 bits per heavy atom. The van der Waals surface area contributed by atoms with E-state index in [0.29, 0.717) is 38.5 Å². The third-order valence-corrected chi connectivity index (χ3v) is 5.33. The van der Waals surface area contributed by atoms with Crippen molar-refractivity contribution in [3.05, 3.63) is 73.6 Å². The molecule has 1 aliphatic rings. The minimum Gasteiger partial charge on any atom is -0.287 e. The predicted molar refractivity (Wildman–Crippen MR) is 109 cm³/mol. The number of amides is 1. The molecule has 2 aromatic carbocycles. The van der Waals surface area contributed by atoms with Crippen LogP contribution < -0.4 is 0 Å². The molecule has 0 N–H and O–H groups in total. The average Bonchev–Trinajstić information content (AvgIpc) is 2.93. The third kappa shape index (κ3) is 4.04. The highest BCUT2D eigenvalue weighted by Gasteiger charge is 2.32. The third-order valence-electron chi connectivity index (χ3n) is 4.00. The number of aliphatic imine (C=N–C) groups is 1. The van der Waals surface area contributed by atoms with Crippen molar-refractivity contribution < 1.29 is 9.72 Å². The first-order valence-corrected chi connectivity index (χ1v) is 9.40. The summed E-state index contributed by atoms with van der Waals surface area (Å²) in [4.78, 5) is 29.9. The maximum Gasteiger partial charge on any atom is 0.272 e. The number of hydrogen-bond donors (Lipinski definition) is 0. The zero-order chi connectivity index (χ0) is 19.6. The number of amidine groups is 1. The minimum absolute atomic E-state index is 0.0251. The zero-order valence-corrected chi connectivity index (χ0v) is 16.3. The molecular formula is C19H16ClN3O3S. The Morgan fingerprint density at radius 1 is 1.30 bits per heavy atom. The topological polar surface area (TPSA) is 75.8 Å². The average molecular weight is 402 g/mol. The largest absolute Gasteiger partial charge is 0.287 e. The Balaban J connectivity index is 1.97. The fourth-order valence-corrected chi connectivity index (χ4v) is 3.81. The van der Waals surface area contributed by atoms with Crippen molar-refractivity contribution in [2.24, 2.45) is 4.99 Å². The van der Waals surface area contributed by atoms with E-state index in [1.165, 1.54) is 17.8 Å². The molecule has 0 atom stereocenters. The van der Waals surface area contributed by atoms with Crippen LogP contribution in [0.2, 0.25) is 5.02 Å². The Bertz CT molecular complexity index is 988. The second kappa shape index (κ2) is 7.94. The van der Waals surface area contributed by atoms with Gasteiger partial charge in [0.05, 0.1) is 20.5 Å². The number of likely N-dealkylation sites (N-methyl/N-ethyl adjacent to an activating group) is 1. The van der Waals surface area contributed by atoms with E-state index >= 15 is 0 Å². The number of rotatable bonds is 4. The quantitative estimate of drug-likeness (QED) is 0.401. The van der Waals surface area contributed by atoms with Gasteiger partial charge >= 0.3 is 0 Å². The van der Waals surface area contributed by atoms with Gasteiger partial charge in [-0.05, 0) is 49.4 Å². The molecular weight excluding hydrogens is 386 g/mol. The number of nitrogens with zero attached hydrogens (tertiary/aromatic N) is 3. The molecule has 1 heterocycles. The molecule has 27 heavy (non-hydrogen) atoms. The van der Waals surface area contributed by atoms with Crippen molar-refractivity contribution in [3.8, 4) is 0 Å².